The number of benzene rings is 2. The smallest absolute Gasteiger partial charge is 0.270 e. The lowest BCUT2D eigenvalue weighted by Crippen LogP contribution is -2.26. The molecule has 0 bridgehead atoms. The van der Waals surface area contributed by atoms with Crippen molar-refractivity contribution in [2.75, 3.05) is 19.0 Å². The number of halogens is 1. The molecule has 0 aliphatic carbocycles. The number of nitrogens with one attached hydrogen (secondary N) is 2. The van der Waals surface area contributed by atoms with Crippen LogP contribution in [0, 0.1) is 0 Å². The Morgan fingerprint density at radius 1 is 1.07 bits per heavy atom. The van der Waals surface area contributed by atoms with Crippen molar-refractivity contribution in [1.82, 2.24) is 15.3 Å². The molecule has 27 heavy (non-hydrogen) atoms. The minimum Gasteiger partial charge on any atom is -0.497 e. The highest BCUT2D eigenvalue weighted by atomic mass is 35.5. The molecular weight excluding hydrogens is 364 g/mol. The molecule has 0 spiro atoms. The van der Waals surface area contributed by atoms with Crippen LogP contribution in [0.2, 0.25) is 5.02 Å². The summed E-state index contributed by atoms with van der Waals surface area (Å²) < 4.78 is 5.13. The first-order chi connectivity index (χ1) is 13.1. The Labute approximate surface area is 162 Å². The molecule has 3 rings (SSSR count). The Kier molecular flexibility index (Phi) is 6.22. The molecule has 0 fully saturated rings. The van der Waals surface area contributed by atoms with Gasteiger partial charge >= 0.3 is 0 Å². The molecule has 1 heterocycles. The topological polar surface area (TPSA) is 76.1 Å². The maximum atomic E-state index is 12.3. The fourth-order valence-electron chi connectivity index (χ4n) is 2.43. The number of carbonyl (C=O) groups excluding carboxylic acids is 1. The van der Waals surface area contributed by atoms with Crippen LogP contribution in [-0.2, 0) is 6.42 Å². The van der Waals surface area contributed by atoms with Crippen molar-refractivity contribution in [1.29, 1.82) is 0 Å². The van der Waals surface area contributed by atoms with E-state index in [1.54, 1.807) is 13.2 Å². The summed E-state index contributed by atoms with van der Waals surface area (Å²) >= 11 is 5.87. The summed E-state index contributed by atoms with van der Waals surface area (Å²) in [6.07, 6.45) is 2.07. The lowest BCUT2D eigenvalue weighted by Gasteiger charge is -2.08. The normalized spacial score (nSPS) is 10.3. The fraction of sp³-hybridized carbons (Fsp3) is 0.150. The number of nitrogens with zero attached hydrogens (tertiary/aromatic N) is 2. The number of amides is 1. The molecule has 3 aromatic rings. The maximum Gasteiger partial charge on any atom is 0.270 e. The molecular formula is C20H19ClN4O2. The first-order valence-corrected chi connectivity index (χ1v) is 8.77. The number of ether oxygens (including phenoxy) is 1. The predicted molar refractivity (Wildman–Crippen MR) is 106 cm³/mol. The van der Waals surface area contributed by atoms with Crippen LogP contribution in [0.3, 0.4) is 0 Å². The molecule has 7 heteroatoms. The van der Waals surface area contributed by atoms with E-state index in [9.17, 15) is 4.79 Å². The Morgan fingerprint density at radius 2 is 1.81 bits per heavy atom. The molecule has 0 aliphatic rings. The highest BCUT2D eigenvalue weighted by molar-refractivity contribution is 6.30. The SMILES string of the molecule is COc1ccc(Nc2cc(C(=O)NCCc3ccc(Cl)cc3)ncn2)cc1. The second-order valence-electron chi connectivity index (χ2n) is 5.77. The van der Waals surface area contributed by atoms with Crippen LogP contribution >= 0.6 is 11.6 Å². The van der Waals surface area contributed by atoms with Gasteiger partial charge in [-0.05, 0) is 48.4 Å². The van der Waals surface area contributed by atoms with Gasteiger partial charge in [-0.25, -0.2) is 9.97 Å². The molecule has 2 aromatic carbocycles. The summed E-state index contributed by atoms with van der Waals surface area (Å²) in [5, 5.41) is 6.70. The third-order valence-electron chi connectivity index (χ3n) is 3.87. The van der Waals surface area contributed by atoms with Crippen LogP contribution in [0.25, 0.3) is 0 Å². The molecule has 0 atom stereocenters. The van der Waals surface area contributed by atoms with Crippen LogP contribution in [0.4, 0.5) is 11.5 Å². The number of rotatable bonds is 7. The van der Waals surface area contributed by atoms with Crippen molar-refractivity contribution < 1.29 is 9.53 Å². The van der Waals surface area contributed by atoms with E-state index in [1.165, 1.54) is 6.33 Å². The lowest BCUT2D eigenvalue weighted by molar-refractivity contribution is 0.0949. The fourth-order valence-corrected chi connectivity index (χ4v) is 2.56. The first-order valence-electron chi connectivity index (χ1n) is 8.40. The van der Waals surface area contributed by atoms with Crippen molar-refractivity contribution in [3.63, 3.8) is 0 Å². The molecule has 1 aromatic heterocycles. The van der Waals surface area contributed by atoms with Gasteiger partial charge in [-0.1, -0.05) is 23.7 Å². The van der Waals surface area contributed by atoms with E-state index in [2.05, 4.69) is 20.6 Å². The van der Waals surface area contributed by atoms with Gasteiger partial charge in [0.25, 0.3) is 5.91 Å². The quantitative estimate of drug-likeness (QED) is 0.649. The Bertz CT molecular complexity index is 899. The van der Waals surface area contributed by atoms with Gasteiger partial charge in [-0.15, -0.1) is 0 Å². The highest BCUT2D eigenvalue weighted by Crippen LogP contribution is 2.18. The second-order valence-corrected chi connectivity index (χ2v) is 6.21. The van der Waals surface area contributed by atoms with E-state index in [0.717, 1.165) is 17.0 Å². The number of carbonyl (C=O) groups is 1. The Morgan fingerprint density at radius 3 is 2.52 bits per heavy atom. The number of hydrogen-bond acceptors (Lipinski definition) is 5. The van der Waals surface area contributed by atoms with Crippen molar-refractivity contribution in [2.45, 2.75) is 6.42 Å². The van der Waals surface area contributed by atoms with Gasteiger partial charge in [-0.3, -0.25) is 4.79 Å². The van der Waals surface area contributed by atoms with Crippen LogP contribution in [0.1, 0.15) is 16.1 Å². The van der Waals surface area contributed by atoms with Crippen molar-refractivity contribution >= 4 is 29.0 Å². The van der Waals surface area contributed by atoms with E-state index in [-0.39, 0.29) is 5.91 Å². The van der Waals surface area contributed by atoms with E-state index < -0.39 is 0 Å². The largest absolute Gasteiger partial charge is 0.497 e. The third-order valence-corrected chi connectivity index (χ3v) is 4.13. The first kappa shape index (κ1) is 18.7. The van der Waals surface area contributed by atoms with E-state index in [0.29, 0.717) is 29.5 Å². The van der Waals surface area contributed by atoms with Crippen LogP contribution in [0.5, 0.6) is 5.75 Å². The molecule has 138 valence electrons. The van der Waals surface area contributed by atoms with E-state index >= 15 is 0 Å². The summed E-state index contributed by atoms with van der Waals surface area (Å²) in [6, 6.07) is 16.6. The maximum absolute atomic E-state index is 12.3. The zero-order valence-electron chi connectivity index (χ0n) is 14.8. The zero-order valence-corrected chi connectivity index (χ0v) is 15.5. The van der Waals surface area contributed by atoms with Gasteiger partial charge in [0.2, 0.25) is 0 Å². The molecule has 0 saturated carbocycles. The van der Waals surface area contributed by atoms with E-state index in [4.69, 9.17) is 16.3 Å². The molecule has 6 nitrogen and oxygen atoms in total. The average molecular weight is 383 g/mol. The summed E-state index contributed by atoms with van der Waals surface area (Å²) in [5.41, 5.74) is 2.24. The van der Waals surface area contributed by atoms with E-state index in [1.807, 2.05) is 48.5 Å². The van der Waals surface area contributed by atoms with Gasteiger partial charge in [0.15, 0.2) is 0 Å². The highest BCUT2D eigenvalue weighted by Gasteiger charge is 2.08. The van der Waals surface area contributed by atoms with Crippen LogP contribution in [0.15, 0.2) is 60.9 Å². The lowest BCUT2D eigenvalue weighted by atomic mass is 10.1. The summed E-state index contributed by atoms with van der Waals surface area (Å²) in [4.78, 5) is 20.5. The van der Waals surface area contributed by atoms with Crippen molar-refractivity contribution in [2.24, 2.45) is 0 Å². The second kappa shape index (κ2) is 9.00. The average Bonchev–Trinajstić information content (AvgIpc) is 2.70. The monoisotopic (exact) mass is 382 g/mol. The van der Waals surface area contributed by atoms with Gasteiger partial charge < -0.3 is 15.4 Å². The van der Waals surface area contributed by atoms with Gasteiger partial charge in [-0.2, -0.15) is 0 Å². The van der Waals surface area contributed by atoms with Crippen LogP contribution in [-0.4, -0.2) is 29.5 Å². The molecule has 2 N–H and O–H groups in total. The van der Waals surface area contributed by atoms with Crippen LogP contribution < -0.4 is 15.4 Å². The number of anilines is 2. The molecule has 0 saturated heterocycles. The molecule has 0 radical (unpaired) electrons. The molecule has 0 aliphatic heterocycles. The van der Waals surface area contributed by atoms with Crippen molar-refractivity contribution in [3.8, 4) is 5.75 Å². The Balaban J connectivity index is 1.56. The Hall–Kier alpha value is -3.12. The summed E-state index contributed by atoms with van der Waals surface area (Å²) in [5.74, 6) is 1.06. The number of aromatic nitrogens is 2. The van der Waals surface area contributed by atoms with Gasteiger partial charge in [0.1, 0.15) is 23.6 Å². The molecule has 1 amide bonds. The summed E-state index contributed by atoms with van der Waals surface area (Å²) in [6.45, 7) is 0.506. The minimum absolute atomic E-state index is 0.246. The molecule has 0 unspecified atom stereocenters. The summed E-state index contributed by atoms with van der Waals surface area (Å²) in [7, 11) is 1.62. The zero-order chi connectivity index (χ0) is 19.1. The minimum atomic E-state index is -0.246. The predicted octanol–water partition coefficient (Wildman–Crippen LogP) is 3.85. The third kappa shape index (κ3) is 5.43. The number of hydrogen-bond donors (Lipinski definition) is 2. The standard InChI is InChI=1S/C20H19ClN4O2/c1-27-17-8-6-16(7-9-17)25-19-12-18(23-13-24-19)20(26)22-11-10-14-2-4-15(21)5-3-14/h2-9,12-13H,10-11H2,1H3,(H,22,26)(H,23,24,25). The van der Waals surface area contributed by atoms with Crippen molar-refractivity contribution in [3.05, 3.63) is 77.2 Å². The number of methoxy groups -OCH3 is 1. The van der Waals surface area contributed by atoms with Gasteiger partial charge in [0, 0.05) is 23.3 Å². The van der Waals surface area contributed by atoms with Gasteiger partial charge in [0.05, 0.1) is 7.11 Å².